The van der Waals surface area contributed by atoms with E-state index < -0.39 is 4.92 Å². The molecule has 1 amide bonds. The first-order valence-electron chi connectivity index (χ1n) is 10.5. The zero-order chi connectivity index (χ0) is 24.1. The second kappa shape index (κ2) is 9.94. The Labute approximate surface area is 193 Å². The predicted octanol–water partition coefficient (Wildman–Crippen LogP) is 1.92. The average molecular weight is 462 g/mol. The number of rotatable bonds is 9. The number of aromatic nitrogens is 4. The number of nitro groups is 1. The molecule has 2 aromatic carbocycles. The second-order valence-electron chi connectivity index (χ2n) is 7.58. The number of benzene rings is 2. The molecule has 0 aliphatic rings. The first-order valence-corrected chi connectivity index (χ1v) is 10.5. The monoisotopic (exact) mass is 462 g/mol. The minimum absolute atomic E-state index is 0.0403. The molecule has 0 radical (unpaired) electrons. The van der Waals surface area contributed by atoms with E-state index >= 15 is 0 Å². The van der Waals surface area contributed by atoms with E-state index in [1.54, 1.807) is 36.1 Å². The minimum Gasteiger partial charge on any atom is -0.497 e. The maximum Gasteiger partial charge on any atom is 0.269 e. The van der Waals surface area contributed by atoms with Crippen molar-refractivity contribution in [3.63, 3.8) is 0 Å². The number of ether oxygens (including phenoxy) is 1. The lowest BCUT2D eigenvalue weighted by atomic mass is 10.1. The fraction of sp³-hybridized carbons (Fsp3) is 0.217. The van der Waals surface area contributed by atoms with E-state index in [2.05, 4.69) is 15.4 Å². The Bertz CT molecular complexity index is 1390. The third-order valence-corrected chi connectivity index (χ3v) is 5.27. The van der Waals surface area contributed by atoms with Crippen LogP contribution in [0.1, 0.15) is 11.1 Å². The summed E-state index contributed by atoms with van der Waals surface area (Å²) in [5.74, 6) is 0.597. The summed E-state index contributed by atoms with van der Waals surface area (Å²) in [4.78, 5) is 39.9. The van der Waals surface area contributed by atoms with Crippen LogP contribution in [0.5, 0.6) is 5.75 Å². The minimum atomic E-state index is -0.479. The highest BCUT2D eigenvalue weighted by molar-refractivity contribution is 5.78. The van der Waals surface area contributed by atoms with Crippen molar-refractivity contribution in [3.05, 3.63) is 92.7 Å². The number of carbonyl (C=O) groups excluding carboxylic acids is 1. The van der Waals surface area contributed by atoms with Gasteiger partial charge >= 0.3 is 0 Å². The molecule has 34 heavy (non-hydrogen) atoms. The van der Waals surface area contributed by atoms with Gasteiger partial charge in [0.2, 0.25) is 5.91 Å². The van der Waals surface area contributed by atoms with Crippen LogP contribution in [-0.2, 0) is 24.3 Å². The summed E-state index contributed by atoms with van der Waals surface area (Å²) in [7, 11) is 1.59. The molecule has 0 bridgehead atoms. The zero-order valence-electron chi connectivity index (χ0n) is 18.4. The molecule has 11 nitrogen and oxygen atoms in total. The first-order chi connectivity index (χ1) is 16.4. The van der Waals surface area contributed by atoms with Crippen LogP contribution in [0, 0.1) is 10.1 Å². The largest absolute Gasteiger partial charge is 0.497 e. The smallest absolute Gasteiger partial charge is 0.269 e. The number of nitro benzene ring substituents is 1. The van der Waals surface area contributed by atoms with Crippen LogP contribution < -0.4 is 15.6 Å². The fourth-order valence-electron chi connectivity index (χ4n) is 3.53. The molecule has 0 saturated carbocycles. The summed E-state index contributed by atoms with van der Waals surface area (Å²) >= 11 is 0. The number of fused-ring (bicyclic) bond motifs is 1. The highest BCUT2D eigenvalue weighted by Crippen LogP contribution is 2.14. The van der Waals surface area contributed by atoms with Crippen molar-refractivity contribution in [1.29, 1.82) is 0 Å². The number of nitrogens with zero attached hydrogens (tertiary/aromatic N) is 5. The lowest BCUT2D eigenvalue weighted by Crippen LogP contribution is -2.29. The summed E-state index contributed by atoms with van der Waals surface area (Å²) < 4.78 is 8.05. The van der Waals surface area contributed by atoms with E-state index in [-0.39, 0.29) is 30.1 Å². The van der Waals surface area contributed by atoms with Gasteiger partial charge < -0.3 is 10.1 Å². The van der Waals surface area contributed by atoms with E-state index in [9.17, 15) is 19.7 Å². The number of nitrogens with one attached hydrogen (secondary N) is 1. The fourth-order valence-corrected chi connectivity index (χ4v) is 3.53. The lowest BCUT2D eigenvalue weighted by molar-refractivity contribution is -0.384. The van der Waals surface area contributed by atoms with Crippen molar-refractivity contribution in [2.75, 3.05) is 13.7 Å². The molecule has 2 heterocycles. The maximum atomic E-state index is 12.9. The van der Waals surface area contributed by atoms with Gasteiger partial charge in [-0.2, -0.15) is 5.10 Å². The molecular weight excluding hydrogens is 440 g/mol. The van der Waals surface area contributed by atoms with Crippen LogP contribution in [0.15, 0.2) is 65.8 Å². The number of amides is 1. The van der Waals surface area contributed by atoms with Crippen molar-refractivity contribution < 1.29 is 14.5 Å². The van der Waals surface area contributed by atoms with Crippen molar-refractivity contribution in [1.82, 2.24) is 24.6 Å². The molecule has 4 aromatic rings. The molecule has 0 fully saturated rings. The molecule has 0 spiro atoms. The molecule has 1 N–H and O–H groups in total. The highest BCUT2D eigenvalue weighted by atomic mass is 16.6. The third kappa shape index (κ3) is 5.09. The van der Waals surface area contributed by atoms with Crippen LogP contribution in [0.3, 0.4) is 0 Å². The highest BCUT2D eigenvalue weighted by Gasteiger charge is 2.12. The summed E-state index contributed by atoms with van der Waals surface area (Å²) in [6, 6.07) is 13.4. The van der Waals surface area contributed by atoms with Crippen LogP contribution >= 0.6 is 0 Å². The van der Waals surface area contributed by atoms with Gasteiger partial charge in [-0.15, -0.1) is 0 Å². The Morgan fingerprint density at radius 2 is 1.97 bits per heavy atom. The molecule has 0 unspecified atom stereocenters. The number of methoxy groups -OCH3 is 1. The first kappa shape index (κ1) is 22.6. The number of hydrogen-bond acceptors (Lipinski definition) is 7. The Kier molecular flexibility index (Phi) is 6.62. The van der Waals surface area contributed by atoms with Crippen LogP contribution in [0.25, 0.3) is 11.0 Å². The Morgan fingerprint density at radius 3 is 2.71 bits per heavy atom. The van der Waals surface area contributed by atoms with Gasteiger partial charge in [-0.3, -0.25) is 24.3 Å². The third-order valence-electron chi connectivity index (χ3n) is 5.27. The van der Waals surface area contributed by atoms with E-state index in [1.807, 2.05) is 12.1 Å². The summed E-state index contributed by atoms with van der Waals surface area (Å²) in [6.07, 6.45) is 3.07. The molecule has 0 saturated heterocycles. The predicted molar refractivity (Wildman–Crippen MR) is 124 cm³/mol. The van der Waals surface area contributed by atoms with Gasteiger partial charge in [0.25, 0.3) is 11.2 Å². The molecular formula is C23H22N6O5. The van der Waals surface area contributed by atoms with Crippen molar-refractivity contribution in [2.45, 2.75) is 19.5 Å². The van der Waals surface area contributed by atoms with Gasteiger partial charge in [0, 0.05) is 18.7 Å². The molecule has 0 atom stereocenters. The van der Waals surface area contributed by atoms with Gasteiger partial charge in [-0.1, -0.05) is 24.3 Å². The van der Waals surface area contributed by atoms with E-state index in [4.69, 9.17) is 4.74 Å². The van der Waals surface area contributed by atoms with Crippen LogP contribution in [-0.4, -0.2) is 43.8 Å². The average Bonchev–Trinajstić information content (AvgIpc) is 3.25. The molecule has 4 rings (SSSR count). The summed E-state index contributed by atoms with van der Waals surface area (Å²) in [6.45, 7) is 0.819. The number of carbonyl (C=O) groups is 1. The quantitative estimate of drug-likeness (QED) is 0.297. The van der Waals surface area contributed by atoms with Gasteiger partial charge in [0.05, 0.1) is 37.7 Å². The van der Waals surface area contributed by atoms with Crippen LogP contribution in [0.2, 0.25) is 0 Å². The summed E-state index contributed by atoms with van der Waals surface area (Å²) in [5.41, 5.74) is 1.55. The second-order valence-corrected chi connectivity index (χ2v) is 7.58. The maximum absolute atomic E-state index is 12.9. The SMILES string of the molecule is COc1ccc(CC(=O)NCCn2ncc3c(=O)n(Cc4cccc([N+](=O)[O-])c4)cnc32)cc1. The Balaban J connectivity index is 1.39. The van der Waals surface area contributed by atoms with Crippen molar-refractivity contribution in [3.8, 4) is 5.75 Å². The Hall–Kier alpha value is -4.54. The van der Waals surface area contributed by atoms with E-state index in [0.29, 0.717) is 29.7 Å². The van der Waals surface area contributed by atoms with E-state index in [1.165, 1.54) is 29.2 Å². The van der Waals surface area contributed by atoms with Gasteiger partial charge in [-0.05, 0) is 23.3 Å². The lowest BCUT2D eigenvalue weighted by Gasteiger charge is -2.08. The topological polar surface area (TPSA) is 134 Å². The molecule has 0 aliphatic carbocycles. The molecule has 11 heteroatoms. The van der Waals surface area contributed by atoms with Crippen molar-refractivity contribution >= 4 is 22.6 Å². The van der Waals surface area contributed by atoms with Gasteiger partial charge in [0.15, 0.2) is 5.65 Å². The number of non-ortho nitro benzene ring substituents is 1. The molecule has 0 aliphatic heterocycles. The van der Waals surface area contributed by atoms with Gasteiger partial charge in [0.1, 0.15) is 17.5 Å². The number of hydrogen-bond donors (Lipinski definition) is 1. The zero-order valence-corrected chi connectivity index (χ0v) is 18.4. The molecule has 2 aromatic heterocycles. The Morgan fingerprint density at radius 1 is 1.18 bits per heavy atom. The van der Waals surface area contributed by atoms with Gasteiger partial charge in [-0.25, -0.2) is 9.67 Å². The standard InChI is InChI=1S/C23H22N6O5/c1-34-19-7-5-16(6-8-19)12-21(30)24-9-10-28-22-20(13-26-28)23(31)27(15-25-22)14-17-3-2-4-18(11-17)29(32)33/h2-8,11,13,15H,9-10,12,14H2,1H3,(H,24,30). The molecule has 174 valence electrons. The van der Waals surface area contributed by atoms with E-state index in [0.717, 1.165) is 11.3 Å². The normalized spacial score (nSPS) is 10.9. The van der Waals surface area contributed by atoms with Crippen molar-refractivity contribution in [2.24, 2.45) is 0 Å². The van der Waals surface area contributed by atoms with Crippen LogP contribution in [0.4, 0.5) is 5.69 Å². The summed E-state index contributed by atoms with van der Waals surface area (Å²) in [5, 5.41) is 18.4.